The number of nitrogens with one attached hydrogen (secondary N) is 1. The molecule has 0 radical (unpaired) electrons. The first-order chi connectivity index (χ1) is 12.6. The van der Waals surface area contributed by atoms with Crippen molar-refractivity contribution in [3.05, 3.63) is 64.7 Å². The maximum absolute atomic E-state index is 12.4. The lowest BCUT2D eigenvalue weighted by molar-refractivity contribution is -0.131. The van der Waals surface area contributed by atoms with Crippen molar-refractivity contribution in [2.75, 3.05) is 38.0 Å². The quantitative estimate of drug-likeness (QED) is 0.881. The maximum Gasteiger partial charge on any atom is 0.241 e. The van der Waals surface area contributed by atoms with Gasteiger partial charge < -0.3 is 10.2 Å². The Labute approximate surface area is 158 Å². The van der Waals surface area contributed by atoms with E-state index in [0.717, 1.165) is 43.4 Å². The van der Waals surface area contributed by atoms with E-state index in [2.05, 4.69) is 16.3 Å². The van der Waals surface area contributed by atoms with Crippen LogP contribution in [0.3, 0.4) is 0 Å². The zero-order valence-corrected chi connectivity index (χ0v) is 15.2. The lowest BCUT2D eigenvalue weighted by Crippen LogP contribution is -2.49. The Kier molecular flexibility index (Phi) is 6.11. The Morgan fingerprint density at radius 1 is 1.04 bits per heavy atom. The van der Waals surface area contributed by atoms with Gasteiger partial charge in [0.15, 0.2) is 0 Å². The summed E-state index contributed by atoms with van der Waals surface area (Å²) in [6, 6.07) is 17.1. The summed E-state index contributed by atoms with van der Waals surface area (Å²) in [5, 5.41) is 12.7. The molecule has 1 saturated heterocycles. The zero-order chi connectivity index (χ0) is 18.4. The molecule has 0 atom stereocenters. The summed E-state index contributed by atoms with van der Waals surface area (Å²) >= 11 is 5.92. The number of hydrogen-bond acceptors (Lipinski definition) is 4. The van der Waals surface area contributed by atoms with E-state index in [9.17, 15) is 4.79 Å². The van der Waals surface area contributed by atoms with Crippen LogP contribution in [-0.4, -0.2) is 48.4 Å². The van der Waals surface area contributed by atoms with Gasteiger partial charge in [-0.05, 0) is 42.0 Å². The molecule has 0 saturated carbocycles. The van der Waals surface area contributed by atoms with Crippen LogP contribution in [0.2, 0.25) is 5.02 Å². The van der Waals surface area contributed by atoms with Crippen molar-refractivity contribution < 1.29 is 4.79 Å². The summed E-state index contributed by atoms with van der Waals surface area (Å²) in [6.07, 6.45) is 0. The third-order valence-corrected chi connectivity index (χ3v) is 4.75. The molecular formula is C20H21ClN4O. The maximum atomic E-state index is 12.4. The van der Waals surface area contributed by atoms with Gasteiger partial charge in [0.2, 0.25) is 5.91 Å². The number of piperazine rings is 1. The van der Waals surface area contributed by atoms with Crippen molar-refractivity contribution in [1.82, 2.24) is 9.80 Å². The van der Waals surface area contributed by atoms with Gasteiger partial charge in [-0.3, -0.25) is 9.69 Å². The van der Waals surface area contributed by atoms with Gasteiger partial charge in [-0.15, -0.1) is 0 Å². The average Bonchev–Trinajstić information content (AvgIpc) is 2.69. The molecule has 1 fully saturated rings. The fourth-order valence-corrected chi connectivity index (χ4v) is 3.08. The molecule has 134 valence electrons. The van der Waals surface area contributed by atoms with Crippen LogP contribution in [0.5, 0.6) is 0 Å². The lowest BCUT2D eigenvalue weighted by Gasteiger charge is -2.34. The molecule has 3 rings (SSSR count). The van der Waals surface area contributed by atoms with Crippen LogP contribution >= 0.6 is 11.6 Å². The van der Waals surface area contributed by atoms with Crippen LogP contribution in [0, 0.1) is 11.3 Å². The summed E-state index contributed by atoms with van der Waals surface area (Å²) in [6.45, 7) is 4.35. The van der Waals surface area contributed by atoms with Gasteiger partial charge in [0.25, 0.3) is 0 Å². The SMILES string of the molecule is N#Cc1ccc(NCC(=O)N2CCN(Cc3ccc(Cl)cc3)CC2)cc1. The molecule has 6 heteroatoms. The first kappa shape index (κ1) is 18.2. The number of halogens is 1. The molecule has 0 spiro atoms. The minimum atomic E-state index is 0.0977. The molecule has 1 aliphatic heterocycles. The Balaban J connectivity index is 1.42. The summed E-state index contributed by atoms with van der Waals surface area (Å²) in [5.41, 5.74) is 2.69. The lowest BCUT2D eigenvalue weighted by atomic mass is 10.2. The largest absolute Gasteiger partial charge is 0.376 e. The van der Waals surface area contributed by atoms with Crippen molar-refractivity contribution in [3.63, 3.8) is 0 Å². The van der Waals surface area contributed by atoms with Crippen LogP contribution in [0.15, 0.2) is 48.5 Å². The Bertz CT molecular complexity index is 775. The molecular weight excluding hydrogens is 348 g/mol. The van der Waals surface area contributed by atoms with Crippen molar-refractivity contribution in [3.8, 4) is 6.07 Å². The smallest absolute Gasteiger partial charge is 0.241 e. The van der Waals surface area contributed by atoms with Gasteiger partial charge in [0.05, 0.1) is 18.2 Å². The molecule has 1 aliphatic rings. The summed E-state index contributed by atoms with van der Waals surface area (Å²) < 4.78 is 0. The van der Waals surface area contributed by atoms with Gasteiger partial charge >= 0.3 is 0 Å². The highest BCUT2D eigenvalue weighted by Gasteiger charge is 2.20. The average molecular weight is 369 g/mol. The monoisotopic (exact) mass is 368 g/mol. The summed E-state index contributed by atoms with van der Waals surface area (Å²) in [4.78, 5) is 16.6. The van der Waals surface area contributed by atoms with E-state index in [1.807, 2.05) is 41.3 Å². The Morgan fingerprint density at radius 3 is 2.31 bits per heavy atom. The molecule has 0 aliphatic carbocycles. The number of anilines is 1. The highest BCUT2D eigenvalue weighted by Crippen LogP contribution is 2.13. The minimum absolute atomic E-state index is 0.0977. The molecule has 1 heterocycles. The molecule has 0 unspecified atom stereocenters. The number of carbonyl (C=O) groups is 1. The van der Waals surface area contributed by atoms with Gasteiger partial charge in [0, 0.05) is 43.4 Å². The fraction of sp³-hybridized carbons (Fsp3) is 0.300. The third-order valence-electron chi connectivity index (χ3n) is 4.50. The number of nitrogens with zero attached hydrogens (tertiary/aromatic N) is 3. The number of rotatable bonds is 5. The normalized spacial score (nSPS) is 14.7. The number of carbonyl (C=O) groups excluding carboxylic acids is 1. The first-order valence-corrected chi connectivity index (χ1v) is 9.00. The minimum Gasteiger partial charge on any atom is -0.376 e. The molecule has 2 aromatic carbocycles. The highest BCUT2D eigenvalue weighted by molar-refractivity contribution is 6.30. The third kappa shape index (κ3) is 4.98. The van der Waals surface area contributed by atoms with E-state index in [4.69, 9.17) is 16.9 Å². The number of hydrogen-bond donors (Lipinski definition) is 1. The van der Waals surface area contributed by atoms with E-state index < -0.39 is 0 Å². The van der Waals surface area contributed by atoms with Crippen molar-refractivity contribution >= 4 is 23.2 Å². The molecule has 0 bridgehead atoms. The van der Waals surface area contributed by atoms with Crippen LogP contribution in [0.1, 0.15) is 11.1 Å². The number of amides is 1. The van der Waals surface area contributed by atoms with Crippen molar-refractivity contribution in [2.45, 2.75) is 6.54 Å². The summed E-state index contributed by atoms with van der Waals surface area (Å²) in [7, 11) is 0. The van der Waals surface area contributed by atoms with Crippen LogP contribution < -0.4 is 5.32 Å². The van der Waals surface area contributed by atoms with E-state index in [1.165, 1.54) is 5.56 Å². The first-order valence-electron chi connectivity index (χ1n) is 8.62. The zero-order valence-electron chi connectivity index (χ0n) is 14.5. The van der Waals surface area contributed by atoms with Crippen LogP contribution in [-0.2, 0) is 11.3 Å². The van der Waals surface area contributed by atoms with Crippen molar-refractivity contribution in [1.29, 1.82) is 5.26 Å². The number of nitriles is 1. The van der Waals surface area contributed by atoms with E-state index in [1.54, 1.807) is 12.1 Å². The Hall–Kier alpha value is -2.55. The second-order valence-corrected chi connectivity index (χ2v) is 6.76. The summed E-state index contributed by atoms with van der Waals surface area (Å²) in [5.74, 6) is 0.0977. The van der Waals surface area contributed by atoms with Crippen LogP contribution in [0.4, 0.5) is 5.69 Å². The van der Waals surface area contributed by atoms with Crippen LogP contribution in [0.25, 0.3) is 0 Å². The highest BCUT2D eigenvalue weighted by atomic mass is 35.5. The molecule has 0 aromatic heterocycles. The van der Waals surface area contributed by atoms with Gasteiger partial charge in [-0.25, -0.2) is 0 Å². The second-order valence-electron chi connectivity index (χ2n) is 6.33. The topological polar surface area (TPSA) is 59.4 Å². The van der Waals surface area contributed by atoms with Gasteiger partial charge in [-0.1, -0.05) is 23.7 Å². The van der Waals surface area contributed by atoms with E-state index in [-0.39, 0.29) is 12.5 Å². The molecule has 26 heavy (non-hydrogen) atoms. The molecule has 1 amide bonds. The number of benzene rings is 2. The molecule has 5 nitrogen and oxygen atoms in total. The van der Waals surface area contributed by atoms with Crippen molar-refractivity contribution in [2.24, 2.45) is 0 Å². The van der Waals surface area contributed by atoms with E-state index >= 15 is 0 Å². The predicted molar refractivity (Wildman–Crippen MR) is 103 cm³/mol. The van der Waals surface area contributed by atoms with Gasteiger partial charge in [-0.2, -0.15) is 5.26 Å². The fourth-order valence-electron chi connectivity index (χ4n) is 2.96. The van der Waals surface area contributed by atoms with Gasteiger partial charge in [0.1, 0.15) is 0 Å². The standard InChI is InChI=1S/C20H21ClN4O/c21-18-5-1-17(2-6-18)15-24-9-11-25(12-10-24)20(26)14-23-19-7-3-16(13-22)4-8-19/h1-8,23H,9-12,14-15H2. The second kappa shape index (κ2) is 8.70. The molecule has 2 aromatic rings. The molecule has 1 N–H and O–H groups in total. The Morgan fingerprint density at radius 2 is 1.69 bits per heavy atom. The predicted octanol–water partition coefficient (Wildman–Crippen LogP) is 2.97. The van der Waals surface area contributed by atoms with E-state index in [0.29, 0.717) is 5.56 Å².